The molecular formula is C22H19N3O4. The van der Waals surface area contributed by atoms with Crippen LogP contribution >= 0.6 is 0 Å². The Hall–Kier alpha value is -3.74. The molecule has 7 nitrogen and oxygen atoms in total. The predicted molar refractivity (Wildman–Crippen MR) is 104 cm³/mol. The second-order valence-corrected chi connectivity index (χ2v) is 6.66. The van der Waals surface area contributed by atoms with E-state index in [1.165, 1.54) is 4.90 Å². The van der Waals surface area contributed by atoms with Gasteiger partial charge in [0.25, 0.3) is 11.8 Å². The number of rotatable bonds is 7. The Balaban J connectivity index is 1.24. The summed E-state index contributed by atoms with van der Waals surface area (Å²) >= 11 is 0. The Kier molecular flexibility index (Phi) is 5.20. The quantitative estimate of drug-likeness (QED) is 0.458. The van der Waals surface area contributed by atoms with Gasteiger partial charge in [0.1, 0.15) is 12.3 Å². The van der Waals surface area contributed by atoms with Crippen molar-refractivity contribution in [2.24, 2.45) is 0 Å². The number of hydrogen-bond donors (Lipinski definition) is 0. The molecule has 7 heteroatoms. The summed E-state index contributed by atoms with van der Waals surface area (Å²) in [5, 5.41) is 4.38. The van der Waals surface area contributed by atoms with Crippen molar-refractivity contribution in [2.75, 3.05) is 6.54 Å². The van der Waals surface area contributed by atoms with Gasteiger partial charge in [-0.3, -0.25) is 19.3 Å². The normalized spacial score (nSPS) is 12.9. The van der Waals surface area contributed by atoms with Gasteiger partial charge in [0.05, 0.1) is 16.8 Å². The van der Waals surface area contributed by atoms with Crippen LogP contribution in [0.3, 0.4) is 0 Å². The molecule has 2 aromatic carbocycles. The average Bonchev–Trinajstić information content (AvgIpc) is 3.32. The molecular weight excluding hydrogens is 370 g/mol. The molecule has 0 saturated heterocycles. The molecule has 3 aromatic rings. The highest BCUT2D eigenvalue weighted by Gasteiger charge is 2.34. The highest BCUT2D eigenvalue weighted by Crippen LogP contribution is 2.22. The molecule has 1 aromatic heterocycles. The fraction of sp³-hybridized carbons (Fsp3) is 0.182. The summed E-state index contributed by atoms with van der Waals surface area (Å²) in [6.45, 7) is 0.260. The molecule has 2 heterocycles. The molecule has 1 aliphatic heterocycles. The van der Waals surface area contributed by atoms with Gasteiger partial charge in [-0.15, -0.1) is 0 Å². The van der Waals surface area contributed by atoms with Crippen LogP contribution in [0.25, 0.3) is 5.69 Å². The van der Waals surface area contributed by atoms with Crippen molar-refractivity contribution in [2.45, 2.75) is 19.4 Å². The number of carbonyl (C=O) groups excluding carboxylic acids is 3. The first-order valence-electron chi connectivity index (χ1n) is 9.34. The maximum absolute atomic E-state index is 12.3. The summed E-state index contributed by atoms with van der Waals surface area (Å²) in [6.07, 6.45) is 2.27. The SMILES string of the molecule is O=C(CCCN1C(=O)c2ccccc2C1=O)OCc1ccn(-c2ccccc2)n1. The van der Waals surface area contributed by atoms with Crippen molar-refractivity contribution in [3.05, 3.63) is 83.7 Å². The number of carbonyl (C=O) groups is 3. The highest BCUT2D eigenvalue weighted by molar-refractivity contribution is 6.21. The molecule has 4 rings (SSSR count). The maximum Gasteiger partial charge on any atom is 0.306 e. The minimum Gasteiger partial charge on any atom is -0.459 e. The lowest BCUT2D eigenvalue weighted by molar-refractivity contribution is -0.145. The number of amides is 2. The molecule has 0 aliphatic carbocycles. The lowest BCUT2D eigenvalue weighted by atomic mass is 10.1. The number of benzene rings is 2. The van der Waals surface area contributed by atoms with Crippen LogP contribution in [0.5, 0.6) is 0 Å². The summed E-state index contributed by atoms with van der Waals surface area (Å²) in [7, 11) is 0. The van der Waals surface area contributed by atoms with E-state index in [0.717, 1.165) is 5.69 Å². The molecule has 146 valence electrons. The Morgan fingerprint density at radius 1 is 0.897 bits per heavy atom. The van der Waals surface area contributed by atoms with Crippen molar-refractivity contribution < 1.29 is 19.1 Å². The fourth-order valence-electron chi connectivity index (χ4n) is 3.21. The predicted octanol–water partition coefficient (Wildman–Crippen LogP) is 2.99. The monoisotopic (exact) mass is 389 g/mol. The second-order valence-electron chi connectivity index (χ2n) is 6.66. The van der Waals surface area contributed by atoms with E-state index in [-0.39, 0.29) is 31.4 Å². The Bertz CT molecular complexity index is 1020. The van der Waals surface area contributed by atoms with E-state index >= 15 is 0 Å². The van der Waals surface area contributed by atoms with Crippen molar-refractivity contribution in [1.82, 2.24) is 14.7 Å². The number of aromatic nitrogens is 2. The highest BCUT2D eigenvalue weighted by atomic mass is 16.5. The Morgan fingerprint density at radius 3 is 2.24 bits per heavy atom. The number of para-hydroxylation sites is 1. The van der Waals surface area contributed by atoms with Crippen molar-refractivity contribution >= 4 is 17.8 Å². The zero-order valence-electron chi connectivity index (χ0n) is 15.7. The first-order valence-corrected chi connectivity index (χ1v) is 9.34. The number of hydrogen-bond acceptors (Lipinski definition) is 5. The summed E-state index contributed by atoms with van der Waals surface area (Å²) in [5.41, 5.74) is 2.39. The molecule has 0 unspecified atom stereocenters. The minimum absolute atomic E-state index is 0.0751. The number of ether oxygens (including phenoxy) is 1. The van der Waals surface area contributed by atoms with E-state index in [4.69, 9.17) is 4.74 Å². The van der Waals surface area contributed by atoms with E-state index in [2.05, 4.69) is 5.10 Å². The van der Waals surface area contributed by atoms with Crippen LogP contribution in [0, 0.1) is 0 Å². The van der Waals surface area contributed by atoms with Crippen molar-refractivity contribution in [3.8, 4) is 5.69 Å². The summed E-state index contributed by atoms with van der Waals surface area (Å²) in [5.74, 6) is -1.02. The summed E-state index contributed by atoms with van der Waals surface area (Å²) < 4.78 is 6.97. The van der Waals surface area contributed by atoms with Crippen LogP contribution in [0.4, 0.5) is 0 Å². The zero-order chi connectivity index (χ0) is 20.2. The van der Waals surface area contributed by atoms with E-state index in [0.29, 0.717) is 23.2 Å². The molecule has 0 spiro atoms. The number of fused-ring (bicyclic) bond motifs is 1. The molecule has 0 N–H and O–H groups in total. The van der Waals surface area contributed by atoms with Crippen LogP contribution < -0.4 is 0 Å². The van der Waals surface area contributed by atoms with Gasteiger partial charge in [-0.05, 0) is 36.8 Å². The zero-order valence-corrected chi connectivity index (χ0v) is 15.7. The van der Waals surface area contributed by atoms with Crippen LogP contribution in [-0.2, 0) is 16.1 Å². The lowest BCUT2D eigenvalue weighted by Gasteiger charge is -2.13. The van der Waals surface area contributed by atoms with Crippen LogP contribution in [0.2, 0.25) is 0 Å². The lowest BCUT2D eigenvalue weighted by Crippen LogP contribution is -2.31. The third-order valence-corrected chi connectivity index (χ3v) is 4.69. The average molecular weight is 389 g/mol. The van der Waals surface area contributed by atoms with E-state index in [1.54, 1.807) is 41.2 Å². The topological polar surface area (TPSA) is 81.5 Å². The fourth-order valence-corrected chi connectivity index (χ4v) is 3.21. The standard InChI is InChI=1S/C22H19N3O4/c26-20(29-15-16-12-14-25(23-16)17-7-2-1-3-8-17)11-6-13-24-21(27)18-9-4-5-10-19(18)22(24)28/h1-5,7-10,12,14H,6,11,13,15H2. The van der Waals surface area contributed by atoms with Crippen molar-refractivity contribution in [3.63, 3.8) is 0 Å². The first-order chi connectivity index (χ1) is 14.1. The summed E-state index contributed by atoms with van der Waals surface area (Å²) in [4.78, 5) is 37.8. The second kappa shape index (κ2) is 8.10. The third-order valence-electron chi connectivity index (χ3n) is 4.69. The molecule has 0 saturated carbocycles. The van der Waals surface area contributed by atoms with Gasteiger partial charge in [0, 0.05) is 19.2 Å². The maximum atomic E-state index is 12.3. The van der Waals surface area contributed by atoms with Crippen LogP contribution in [-0.4, -0.2) is 39.0 Å². The first kappa shape index (κ1) is 18.6. The van der Waals surface area contributed by atoms with Gasteiger partial charge >= 0.3 is 5.97 Å². The molecule has 0 bridgehead atoms. The molecule has 1 aliphatic rings. The van der Waals surface area contributed by atoms with Gasteiger partial charge in [-0.2, -0.15) is 5.10 Å². The Morgan fingerprint density at radius 2 is 1.55 bits per heavy atom. The van der Waals surface area contributed by atoms with E-state index in [9.17, 15) is 14.4 Å². The molecule has 29 heavy (non-hydrogen) atoms. The number of esters is 1. The van der Waals surface area contributed by atoms with E-state index in [1.807, 2.05) is 30.3 Å². The van der Waals surface area contributed by atoms with Crippen LogP contribution in [0.15, 0.2) is 66.9 Å². The van der Waals surface area contributed by atoms with Gasteiger partial charge in [-0.25, -0.2) is 4.68 Å². The Labute approximate surface area is 167 Å². The minimum atomic E-state index is -0.393. The third kappa shape index (κ3) is 3.94. The molecule has 0 atom stereocenters. The summed E-state index contributed by atoms with van der Waals surface area (Å²) in [6, 6.07) is 18.2. The number of imide groups is 1. The van der Waals surface area contributed by atoms with Gasteiger partial charge in [-0.1, -0.05) is 30.3 Å². The van der Waals surface area contributed by atoms with Crippen molar-refractivity contribution in [1.29, 1.82) is 0 Å². The smallest absolute Gasteiger partial charge is 0.306 e. The molecule has 2 amide bonds. The largest absolute Gasteiger partial charge is 0.459 e. The van der Waals surface area contributed by atoms with Gasteiger partial charge in [0.15, 0.2) is 0 Å². The molecule has 0 radical (unpaired) electrons. The van der Waals surface area contributed by atoms with Crippen LogP contribution in [0.1, 0.15) is 39.3 Å². The molecule has 0 fully saturated rings. The van der Waals surface area contributed by atoms with Gasteiger partial charge in [0.2, 0.25) is 0 Å². The van der Waals surface area contributed by atoms with E-state index < -0.39 is 5.97 Å². The van der Waals surface area contributed by atoms with Gasteiger partial charge < -0.3 is 4.74 Å². The number of nitrogens with zero attached hydrogens (tertiary/aromatic N) is 3.